The summed E-state index contributed by atoms with van der Waals surface area (Å²) >= 11 is 0. The Kier molecular flexibility index (Phi) is 15.5. The predicted molar refractivity (Wildman–Crippen MR) is 218 cm³/mol. The fraction of sp³-hybridized carbons (Fsp3) is 0.625. The Morgan fingerprint density at radius 1 is 0.845 bits per heavy atom. The number of carbonyl (C=O) groups excluding carboxylic acids is 4. The van der Waals surface area contributed by atoms with E-state index in [2.05, 4.69) is 36.2 Å². The zero-order valence-corrected chi connectivity index (χ0v) is 37.1. The van der Waals surface area contributed by atoms with Gasteiger partial charge in [0.05, 0.1) is 18.6 Å². The van der Waals surface area contributed by atoms with Gasteiger partial charge in [-0.2, -0.15) is 0 Å². The molecule has 18 heteroatoms. The molecule has 0 bridgehead atoms. The monoisotopic (exact) mass is 832 g/mol. The average Bonchev–Trinajstić information content (AvgIpc) is 3.47. The van der Waals surface area contributed by atoms with Crippen molar-refractivity contribution in [3.63, 3.8) is 0 Å². The van der Waals surface area contributed by atoms with E-state index in [1.54, 1.807) is 58.6 Å². The maximum Gasteiger partial charge on any atom is 0.408 e. The van der Waals surface area contributed by atoms with E-state index in [0.29, 0.717) is 11.2 Å². The van der Waals surface area contributed by atoms with Gasteiger partial charge in [0.25, 0.3) is 0 Å². The minimum atomic E-state index is -2.67. The fourth-order valence-electron chi connectivity index (χ4n) is 5.39. The van der Waals surface area contributed by atoms with Gasteiger partial charge in [-0.3, -0.25) is 9.59 Å². The second-order valence-corrected chi connectivity index (χ2v) is 23.6. The van der Waals surface area contributed by atoms with Crippen molar-refractivity contribution in [2.24, 2.45) is 5.41 Å². The molecule has 3 rings (SSSR count). The van der Waals surface area contributed by atoms with Crippen LogP contribution in [0.4, 0.5) is 18.4 Å². The van der Waals surface area contributed by atoms with Crippen LogP contribution in [0.1, 0.15) is 88.1 Å². The van der Waals surface area contributed by atoms with E-state index in [1.165, 1.54) is 6.33 Å². The topological polar surface area (TPSA) is 188 Å². The van der Waals surface area contributed by atoms with E-state index in [9.17, 15) is 28.0 Å². The van der Waals surface area contributed by atoms with E-state index >= 15 is 0 Å². The van der Waals surface area contributed by atoms with Crippen molar-refractivity contribution in [1.29, 1.82) is 0 Å². The molecule has 0 spiro atoms. The molecule has 0 aliphatic carbocycles. The minimum Gasteiger partial charge on any atom is -0.444 e. The number of aromatic nitrogens is 4. The lowest BCUT2D eigenvalue weighted by Gasteiger charge is -2.41. The summed E-state index contributed by atoms with van der Waals surface area (Å²) in [4.78, 5) is 66.3. The van der Waals surface area contributed by atoms with Crippen molar-refractivity contribution in [1.82, 2.24) is 40.8 Å². The minimum absolute atomic E-state index is 0.0136. The number of hydrogen-bond donors (Lipinski definition) is 4. The maximum atomic E-state index is 14.6. The maximum absolute atomic E-state index is 14.6. The first-order valence-corrected chi connectivity index (χ1v) is 22.2. The third-order valence-electron chi connectivity index (χ3n) is 9.36. The van der Waals surface area contributed by atoms with Crippen molar-refractivity contribution in [3.05, 3.63) is 54.2 Å². The Labute approximate surface area is 341 Å². The van der Waals surface area contributed by atoms with E-state index in [1.807, 2.05) is 47.7 Å². The van der Waals surface area contributed by atoms with Crippen molar-refractivity contribution >= 4 is 43.5 Å². The third-order valence-corrected chi connectivity index (χ3v) is 13.8. The van der Waals surface area contributed by atoms with Gasteiger partial charge in [0.2, 0.25) is 11.8 Å². The molecular formula is C40H62F2N8O7Si. The molecule has 0 saturated carbocycles. The molecule has 58 heavy (non-hydrogen) atoms. The Morgan fingerprint density at radius 2 is 1.45 bits per heavy atom. The van der Waals surface area contributed by atoms with Gasteiger partial charge < -0.3 is 39.7 Å². The van der Waals surface area contributed by atoms with Crippen LogP contribution in [-0.2, 0) is 36.5 Å². The van der Waals surface area contributed by atoms with Crippen molar-refractivity contribution < 1.29 is 41.9 Å². The Hall–Kier alpha value is -4.71. The highest BCUT2D eigenvalue weighted by atomic mass is 28.4. The van der Waals surface area contributed by atoms with Crippen LogP contribution >= 0.6 is 0 Å². The van der Waals surface area contributed by atoms with E-state index in [-0.39, 0.29) is 43.1 Å². The molecule has 0 fully saturated rings. The zero-order valence-electron chi connectivity index (χ0n) is 36.1. The van der Waals surface area contributed by atoms with Gasteiger partial charge in [-0.05, 0) is 95.3 Å². The van der Waals surface area contributed by atoms with Gasteiger partial charge in [-0.15, -0.1) is 0 Å². The summed E-state index contributed by atoms with van der Waals surface area (Å²) in [6.45, 7) is 24.3. The van der Waals surface area contributed by atoms with Crippen LogP contribution in [0, 0.1) is 17.0 Å². The summed E-state index contributed by atoms with van der Waals surface area (Å²) in [7, 11) is -2.67. The van der Waals surface area contributed by atoms with Crippen LogP contribution in [0.15, 0.2) is 37.1 Å². The third kappa shape index (κ3) is 15.2. The molecule has 4 N–H and O–H groups in total. The fourth-order valence-corrected chi connectivity index (χ4v) is 6.65. The van der Waals surface area contributed by atoms with Gasteiger partial charge >= 0.3 is 12.2 Å². The molecule has 3 aromatic rings. The number of imidazole rings is 1. The lowest BCUT2D eigenvalue weighted by Crippen LogP contribution is -2.59. The predicted octanol–water partition coefficient (Wildman–Crippen LogP) is 6.17. The zero-order chi connectivity index (χ0) is 43.9. The number of amides is 4. The molecule has 2 aromatic heterocycles. The average molecular weight is 833 g/mol. The van der Waals surface area contributed by atoms with Crippen molar-refractivity contribution in [3.8, 4) is 0 Å². The highest BCUT2D eigenvalue weighted by Gasteiger charge is 2.44. The summed E-state index contributed by atoms with van der Waals surface area (Å²) in [5.41, 5.74) is -1.36. The van der Waals surface area contributed by atoms with Crippen LogP contribution < -0.4 is 21.3 Å². The SMILES string of the molecule is CC(C)(CNC(=O)CC(Cc1cc(F)ccc1F)NC(=O)OC(C)(C)C)CNC(=O)[C@@H](O[Si](C)(C)C(C)(C)C)[C@@H](Cn1cnc2cncnc21)NC(=O)OC(C)(C)C. The first kappa shape index (κ1) is 47.7. The van der Waals surface area contributed by atoms with E-state index < -0.39 is 78.8 Å². The quantitative estimate of drug-likeness (QED) is 0.122. The summed E-state index contributed by atoms with van der Waals surface area (Å²) in [6.07, 6.45) is 1.31. The summed E-state index contributed by atoms with van der Waals surface area (Å²) in [6, 6.07) is 1.11. The van der Waals surface area contributed by atoms with E-state index in [4.69, 9.17) is 13.9 Å². The van der Waals surface area contributed by atoms with Crippen molar-refractivity contribution in [2.45, 2.75) is 143 Å². The smallest absolute Gasteiger partial charge is 0.408 e. The highest BCUT2D eigenvalue weighted by molar-refractivity contribution is 6.74. The summed E-state index contributed by atoms with van der Waals surface area (Å²) in [5.74, 6) is -2.31. The number of nitrogens with zero attached hydrogens (tertiary/aromatic N) is 4. The second-order valence-electron chi connectivity index (χ2n) is 18.8. The van der Waals surface area contributed by atoms with E-state index in [0.717, 1.165) is 18.2 Å². The number of benzene rings is 1. The Balaban J connectivity index is 1.82. The van der Waals surface area contributed by atoms with Crippen LogP contribution in [-0.4, -0.2) is 94.3 Å². The lowest BCUT2D eigenvalue weighted by molar-refractivity contribution is -0.130. The molecule has 0 aliphatic rings. The molecular weight excluding hydrogens is 771 g/mol. The number of halogens is 2. The van der Waals surface area contributed by atoms with Crippen molar-refractivity contribution in [2.75, 3.05) is 13.1 Å². The Bertz CT molecular complexity index is 1900. The largest absolute Gasteiger partial charge is 0.444 e. The number of nitrogens with one attached hydrogen (secondary N) is 4. The molecule has 4 amide bonds. The van der Waals surface area contributed by atoms with Gasteiger partial charge in [-0.1, -0.05) is 34.6 Å². The van der Waals surface area contributed by atoms with Gasteiger partial charge in [0.1, 0.15) is 40.8 Å². The van der Waals surface area contributed by atoms with Crippen LogP contribution in [0.25, 0.3) is 11.2 Å². The number of rotatable bonds is 16. The molecule has 0 saturated heterocycles. The molecule has 15 nitrogen and oxygen atoms in total. The first-order valence-electron chi connectivity index (χ1n) is 19.3. The standard InChI is InChI=1S/C40H62F2N8O7Si/c1-37(2,3)55-35(53)48-27(17-25-16-26(41)14-15-28(25)42)18-31(51)44-21-40(10,11)22-45-34(52)32(57-58(12,13)39(7,8)9)30(49-36(54)56-38(4,5)6)20-50-24-47-29-19-43-23-46-33(29)50/h14-16,19,23-24,27,30,32H,17-18,20-22H2,1-13H3,(H,44,51)(H,45,52)(H,48,53)(H,49,54)/t27?,30-,32+/m1/s1. The Morgan fingerprint density at radius 3 is 2.05 bits per heavy atom. The second kappa shape index (κ2) is 18.9. The highest BCUT2D eigenvalue weighted by Crippen LogP contribution is 2.38. The summed E-state index contributed by atoms with van der Waals surface area (Å²) in [5, 5.41) is 11.0. The number of alkyl carbamates (subject to hydrolysis) is 2. The number of ether oxygens (including phenoxy) is 2. The van der Waals surface area contributed by atoms with Crippen LogP contribution in [0.2, 0.25) is 18.1 Å². The number of fused-ring (bicyclic) bond motifs is 1. The first-order chi connectivity index (χ1) is 26.5. The van der Waals surface area contributed by atoms with Gasteiger partial charge in [-0.25, -0.2) is 33.3 Å². The molecule has 2 heterocycles. The molecule has 1 aromatic carbocycles. The molecule has 1 unspecified atom stereocenters. The molecule has 0 radical (unpaired) electrons. The van der Waals surface area contributed by atoms with Crippen LogP contribution in [0.3, 0.4) is 0 Å². The normalized spacial score (nSPS) is 14.3. The van der Waals surface area contributed by atoms with Crippen LogP contribution in [0.5, 0.6) is 0 Å². The lowest BCUT2D eigenvalue weighted by atomic mass is 9.93. The summed E-state index contributed by atoms with van der Waals surface area (Å²) < 4.78 is 48.0. The molecule has 322 valence electrons. The van der Waals surface area contributed by atoms with Gasteiger partial charge in [0.15, 0.2) is 14.0 Å². The number of hydrogen-bond acceptors (Lipinski definition) is 10. The molecule has 0 aliphatic heterocycles. The molecule has 3 atom stereocenters. The van der Waals surface area contributed by atoms with Gasteiger partial charge in [0, 0.05) is 32.1 Å². The number of carbonyl (C=O) groups is 4.